The number of carbonyl (C=O) groups is 1. The molecule has 2 heterocycles. The molecule has 2 atom stereocenters. The Kier molecular flexibility index (Phi) is 4.01. The summed E-state index contributed by atoms with van der Waals surface area (Å²) in [5.74, 6) is 0.513. The second-order valence-corrected chi connectivity index (χ2v) is 5.82. The molecule has 1 aliphatic heterocycles. The maximum atomic E-state index is 11.7. The third kappa shape index (κ3) is 3.29. The SMILES string of the molecule is CC1OCc2[nH]c(C(CO)NC(=O)OC(C)(C)C)nc21. The highest BCUT2D eigenvalue weighted by Crippen LogP contribution is 2.29. The van der Waals surface area contributed by atoms with Crippen molar-refractivity contribution in [2.45, 2.75) is 52.0 Å². The van der Waals surface area contributed by atoms with Gasteiger partial charge in [-0.3, -0.25) is 0 Å². The molecule has 1 amide bonds. The van der Waals surface area contributed by atoms with E-state index >= 15 is 0 Å². The Balaban J connectivity index is 2.05. The molecule has 3 N–H and O–H groups in total. The molecule has 0 radical (unpaired) electrons. The average molecular weight is 283 g/mol. The Morgan fingerprint density at radius 3 is 2.90 bits per heavy atom. The molecule has 1 aromatic rings. The number of alkyl carbamates (subject to hydrolysis) is 1. The van der Waals surface area contributed by atoms with Crippen molar-refractivity contribution in [2.75, 3.05) is 6.61 Å². The standard InChI is InChI=1S/C13H21N3O4/c1-7-10-9(6-19-7)14-11(16-10)8(5-17)15-12(18)20-13(2,3)4/h7-8,17H,5-6H2,1-4H3,(H,14,16)(H,15,18). The number of H-pyrrole nitrogens is 1. The van der Waals surface area contributed by atoms with Crippen molar-refractivity contribution in [3.05, 3.63) is 17.2 Å². The Morgan fingerprint density at radius 2 is 2.35 bits per heavy atom. The molecule has 0 spiro atoms. The predicted octanol–water partition coefficient (Wildman–Crippen LogP) is 1.56. The van der Waals surface area contributed by atoms with Crippen molar-refractivity contribution in [3.63, 3.8) is 0 Å². The number of aromatic nitrogens is 2. The summed E-state index contributed by atoms with van der Waals surface area (Å²) >= 11 is 0. The fourth-order valence-corrected chi connectivity index (χ4v) is 1.99. The monoisotopic (exact) mass is 283 g/mol. The third-order valence-electron chi connectivity index (χ3n) is 2.90. The molecule has 1 aromatic heterocycles. The van der Waals surface area contributed by atoms with Gasteiger partial charge in [0.25, 0.3) is 0 Å². The number of aliphatic hydroxyl groups excluding tert-OH is 1. The lowest BCUT2D eigenvalue weighted by Gasteiger charge is -2.22. The third-order valence-corrected chi connectivity index (χ3v) is 2.90. The van der Waals surface area contributed by atoms with Crippen LogP contribution in [0, 0.1) is 0 Å². The van der Waals surface area contributed by atoms with Gasteiger partial charge in [0.1, 0.15) is 17.5 Å². The average Bonchev–Trinajstić information content (AvgIpc) is 2.87. The van der Waals surface area contributed by atoms with Gasteiger partial charge in [0.2, 0.25) is 0 Å². The van der Waals surface area contributed by atoms with Crippen LogP contribution in [-0.4, -0.2) is 33.4 Å². The van der Waals surface area contributed by atoms with E-state index in [-0.39, 0.29) is 12.7 Å². The molecular formula is C13H21N3O4. The van der Waals surface area contributed by atoms with Crippen molar-refractivity contribution >= 4 is 6.09 Å². The van der Waals surface area contributed by atoms with Gasteiger partial charge in [0, 0.05) is 0 Å². The summed E-state index contributed by atoms with van der Waals surface area (Å²) in [7, 11) is 0. The quantitative estimate of drug-likeness (QED) is 0.782. The summed E-state index contributed by atoms with van der Waals surface area (Å²) in [5.41, 5.74) is 1.12. The van der Waals surface area contributed by atoms with E-state index in [4.69, 9.17) is 9.47 Å². The van der Waals surface area contributed by atoms with Crippen LogP contribution in [-0.2, 0) is 16.1 Å². The Bertz CT molecular complexity index is 492. The molecule has 2 unspecified atom stereocenters. The van der Waals surface area contributed by atoms with E-state index in [1.165, 1.54) is 0 Å². The minimum atomic E-state index is -0.623. The highest BCUT2D eigenvalue weighted by atomic mass is 16.6. The molecule has 1 aliphatic rings. The van der Waals surface area contributed by atoms with Crippen LogP contribution < -0.4 is 5.32 Å². The predicted molar refractivity (Wildman–Crippen MR) is 71.0 cm³/mol. The normalized spacial score (nSPS) is 19.6. The van der Waals surface area contributed by atoms with Crippen molar-refractivity contribution < 1.29 is 19.4 Å². The molecule has 0 aliphatic carbocycles. The molecule has 20 heavy (non-hydrogen) atoms. The summed E-state index contributed by atoms with van der Waals surface area (Å²) in [4.78, 5) is 19.2. The largest absolute Gasteiger partial charge is 0.444 e. The number of hydrogen-bond acceptors (Lipinski definition) is 5. The molecule has 0 saturated heterocycles. The summed E-state index contributed by atoms with van der Waals surface area (Å²) < 4.78 is 10.6. The van der Waals surface area contributed by atoms with Gasteiger partial charge >= 0.3 is 6.09 Å². The lowest BCUT2D eigenvalue weighted by atomic mass is 10.2. The smallest absolute Gasteiger partial charge is 0.408 e. The number of imidazole rings is 1. The first-order valence-corrected chi connectivity index (χ1v) is 6.61. The molecule has 2 rings (SSSR count). The fourth-order valence-electron chi connectivity index (χ4n) is 1.99. The lowest BCUT2D eigenvalue weighted by Crippen LogP contribution is -2.36. The number of amides is 1. The van der Waals surface area contributed by atoms with Gasteiger partial charge in [-0.1, -0.05) is 0 Å². The van der Waals surface area contributed by atoms with Crippen LogP contribution in [0.5, 0.6) is 0 Å². The van der Waals surface area contributed by atoms with Crippen LogP contribution in [0.3, 0.4) is 0 Å². The first-order valence-electron chi connectivity index (χ1n) is 6.61. The summed E-state index contributed by atoms with van der Waals surface area (Å²) in [6.07, 6.45) is -0.659. The second kappa shape index (κ2) is 5.41. The molecule has 0 bridgehead atoms. The summed E-state index contributed by atoms with van der Waals surface area (Å²) in [5, 5.41) is 12.0. The van der Waals surface area contributed by atoms with Crippen LogP contribution in [0.4, 0.5) is 4.79 Å². The first kappa shape index (κ1) is 14.8. The number of hydrogen-bond donors (Lipinski definition) is 3. The molecule has 7 heteroatoms. The summed E-state index contributed by atoms with van der Waals surface area (Å²) in [6, 6.07) is -0.623. The fraction of sp³-hybridized carbons (Fsp3) is 0.692. The van der Waals surface area contributed by atoms with Crippen LogP contribution in [0.2, 0.25) is 0 Å². The maximum Gasteiger partial charge on any atom is 0.408 e. The number of aliphatic hydroxyl groups is 1. The Labute approximate surface area is 117 Å². The van der Waals surface area contributed by atoms with Gasteiger partial charge in [-0.25, -0.2) is 9.78 Å². The van der Waals surface area contributed by atoms with Gasteiger partial charge in [0.15, 0.2) is 0 Å². The highest BCUT2D eigenvalue weighted by molar-refractivity contribution is 5.68. The number of nitrogens with zero attached hydrogens (tertiary/aromatic N) is 1. The molecular weight excluding hydrogens is 262 g/mol. The van der Waals surface area contributed by atoms with E-state index in [0.717, 1.165) is 11.4 Å². The molecule has 7 nitrogen and oxygen atoms in total. The lowest BCUT2D eigenvalue weighted by molar-refractivity contribution is 0.0477. The molecule has 0 aromatic carbocycles. The number of nitrogens with one attached hydrogen (secondary N) is 2. The van der Waals surface area contributed by atoms with Crippen molar-refractivity contribution in [1.29, 1.82) is 0 Å². The Hall–Kier alpha value is -1.60. The second-order valence-electron chi connectivity index (χ2n) is 5.82. The van der Waals surface area contributed by atoms with Gasteiger partial charge in [0.05, 0.1) is 30.7 Å². The minimum absolute atomic E-state index is 0.0733. The van der Waals surface area contributed by atoms with Crippen LogP contribution >= 0.6 is 0 Å². The topological polar surface area (TPSA) is 96.5 Å². The van der Waals surface area contributed by atoms with Gasteiger partial charge in [-0.05, 0) is 27.7 Å². The zero-order valence-electron chi connectivity index (χ0n) is 12.2. The van der Waals surface area contributed by atoms with Crippen LogP contribution in [0.15, 0.2) is 0 Å². The number of rotatable bonds is 3. The van der Waals surface area contributed by atoms with E-state index in [2.05, 4.69) is 15.3 Å². The van der Waals surface area contributed by atoms with Crippen LogP contribution in [0.25, 0.3) is 0 Å². The van der Waals surface area contributed by atoms with E-state index in [9.17, 15) is 9.90 Å². The van der Waals surface area contributed by atoms with Gasteiger partial charge in [-0.2, -0.15) is 0 Å². The molecule has 0 fully saturated rings. The van der Waals surface area contributed by atoms with E-state index in [1.807, 2.05) is 6.92 Å². The van der Waals surface area contributed by atoms with Crippen molar-refractivity contribution in [2.24, 2.45) is 0 Å². The van der Waals surface area contributed by atoms with Gasteiger partial charge in [-0.15, -0.1) is 0 Å². The van der Waals surface area contributed by atoms with Crippen LogP contribution in [0.1, 0.15) is 57.1 Å². The van der Waals surface area contributed by atoms with E-state index < -0.39 is 17.7 Å². The number of ether oxygens (including phenoxy) is 2. The first-order chi connectivity index (χ1) is 9.30. The van der Waals surface area contributed by atoms with E-state index in [0.29, 0.717) is 12.4 Å². The zero-order chi connectivity index (χ0) is 14.9. The van der Waals surface area contributed by atoms with Crippen molar-refractivity contribution in [1.82, 2.24) is 15.3 Å². The number of aromatic amines is 1. The highest BCUT2D eigenvalue weighted by Gasteiger charge is 2.28. The number of carbonyl (C=O) groups excluding carboxylic acids is 1. The minimum Gasteiger partial charge on any atom is -0.444 e. The number of fused-ring (bicyclic) bond motifs is 1. The zero-order valence-corrected chi connectivity index (χ0v) is 12.2. The van der Waals surface area contributed by atoms with Gasteiger partial charge < -0.3 is 24.9 Å². The Morgan fingerprint density at radius 1 is 1.65 bits per heavy atom. The summed E-state index contributed by atoms with van der Waals surface area (Å²) in [6.45, 7) is 7.45. The molecule has 0 saturated carbocycles. The van der Waals surface area contributed by atoms with Crippen molar-refractivity contribution in [3.8, 4) is 0 Å². The van der Waals surface area contributed by atoms with E-state index in [1.54, 1.807) is 20.8 Å². The molecule has 112 valence electrons. The maximum absolute atomic E-state index is 11.7.